The number of unbranched alkanes of at least 4 members (excludes halogenated alkanes) is 1. The average Bonchev–Trinajstić information content (AvgIpc) is 3.58. The third kappa shape index (κ3) is 6.30. The van der Waals surface area contributed by atoms with Gasteiger partial charge in [-0.25, -0.2) is 0 Å². The summed E-state index contributed by atoms with van der Waals surface area (Å²) in [5.74, 6) is -0.154. The van der Waals surface area contributed by atoms with Crippen molar-refractivity contribution in [1.82, 2.24) is 10.2 Å². The predicted molar refractivity (Wildman–Crippen MR) is 166 cm³/mol. The number of ketones is 1. The van der Waals surface area contributed by atoms with Crippen LogP contribution in [0.15, 0.2) is 82.7 Å². The Morgan fingerprint density at radius 3 is 2.57 bits per heavy atom. The van der Waals surface area contributed by atoms with Gasteiger partial charge >= 0.3 is 5.91 Å². The Hall–Kier alpha value is -3.86. The van der Waals surface area contributed by atoms with Gasteiger partial charge < -0.3 is 14.6 Å². The van der Waals surface area contributed by atoms with Gasteiger partial charge in [-0.05, 0) is 60.0 Å². The Labute approximate surface area is 257 Å². The number of amides is 1. The first-order valence-corrected chi connectivity index (χ1v) is 15.5. The second-order valence-electron chi connectivity index (χ2n) is 9.40. The van der Waals surface area contributed by atoms with E-state index in [0.717, 1.165) is 18.4 Å². The first kappa shape index (κ1) is 29.6. The number of ether oxygens (including phenoxy) is 2. The van der Waals surface area contributed by atoms with Crippen LogP contribution in [0.1, 0.15) is 42.5 Å². The molecule has 0 saturated carbocycles. The molecule has 1 atom stereocenters. The molecule has 1 N–H and O–H groups in total. The molecule has 216 valence electrons. The van der Waals surface area contributed by atoms with Crippen molar-refractivity contribution in [1.29, 1.82) is 0 Å². The molecular formula is C31H28ClN3O5S2. The summed E-state index contributed by atoms with van der Waals surface area (Å²) in [5, 5.41) is 20.9. The monoisotopic (exact) mass is 621 g/mol. The van der Waals surface area contributed by atoms with Crippen molar-refractivity contribution in [3.8, 4) is 11.5 Å². The quantitative estimate of drug-likeness (QED) is 0.0465. The summed E-state index contributed by atoms with van der Waals surface area (Å²) in [6.45, 7) is 2.67. The second kappa shape index (κ2) is 13.4. The molecule has 11 heteroatoms. The Kier molecular flexibility index (Phi) is 9.46. The zero-order valence-electron chi connectivity index (χ0n) is 23.0. The molecular weight excluding hydrogens is 594 g/mol. The minimum atomic E-state index is -0.949. The molecule has 2 heterocycles. The lowest BCUT2D eigenvalue weighted by Gasteiger charge is -2.23. The zero-order chi connectivity index (χ0) is 29.6. The number of anilines is 1. The van der Waals surface area contributed by atoms with Gasteiger partial charge in [0, 0.05) is 16.3 Å². The van der Waals surface area contributed by atoms with Crippen LogP contribution in [0.2, 0.25) is 5.02 Å². The molecule has 1 amide bonds. The third-order valence-corrected chi connectivity index (χ3v) is 9.13. The maximum Gasteiger partial charge on any atom is 0.301 e. The summed E-state index contributed by atoms with van der Waals surface area (Å²) in [5.41, 5.74) is 1.86. The van der Waals surface area contributed by atoms with E-state index in [1.54, 1.807) is 48.5 Å². The maximum atomic E-state index is 13.5. The largest absolute Gasteiger partial charge is 0.507 e. The highest BCUT2D eigenvalue weighted by atomic mass is 35.5. The number of thioether (sulfide) groups is 1. The van der Waals surface area contributed by atoms with E-state index >= 15 is 0 Å². The van der Waals surface area contributed by atoms with E-state index < -0.39 is 17.7 Å². The summed E-state index contributed by atoms with van der Waals surface area (Å²) < 4.78 is 11.7. The fourth-order valence-electron chi connectivity index (χ4n) is 4.47. The molecule has 8 nitrogen and oxygen atoms in total. The van der Waals surface area contributed by atoms with Crippen LogP contribution in [-0.4, -0.2) is 40.7 Å². The number of carbonyl (C=O) groups is 2. The van der Waals surface area contributed by atoms with Crippen LogP contribution < -0.4 is 14.4 Å². The molecule has 0 radical (unpaired) electrons. The zero-order valence-corrected chi connectivity index (χ0v) is 25.3. The fourth-order valence-corrected chi connectivity index (χ4v) is 6.62. The number of carbonyl (C=O) groups excluding carboxylic acids is 2. The Balaban J connectivity index is 1.51. The van der Waals surface area contributed by atoms with Gasteiger partial charge in [0.15, 0.2) is 4.34 Å². The molecule has 0 bridgehead atoms. The van der Waals surface area contributed by atoms with Crippen LogP contribution in [0.25, 0.3) is 5.76 Å². The molecule has 0 spiro atoms. The normalized spacial score (nSPS) is 16.2. The number of rotatable bonds is 11. The number of Topliss-reactive ketones (excluding diaryl/α,β-unsaturated/α-hetero) is 1. The van der Waals surface area contributed by atoms with Crippen molar-refractivity contribution < 1.29 is 24.2 Å². The Morgan fingerprint density at radius 1 is 1.05 bits per heavy atom. The minimum absolute atomic E-state index is 0.0478. The molecule has 0 aliphatic carbocycles. The van der Waals surface area contributed by atoms with Crippen LogP contribution in [0.5, 0.6) is 11.5 Å². The number of hydrogen-bond acceptors (Lipinski definition) is 9. The SMILES string of the molecule is CCCCOc1ccc(C(O)=C2C(=O)C(=O)N(c3nnc(SCc4ccccc4Cl)s3)[C@H]2c2cccc(OC)c2)cc1. The predicted octanol–water partition coefficient (Wildman–Crippen LogP) is 7.30. The first-order valence-electron chi connectivity index (χ1n) is 13.3. The average molecular weight is 622 g/mol. The highest BCUT2D eigenvalue weighted by Crippen LogP contribution is 2.44. The highest BCUT2D eigenvalue weighted by molar-refractivity contribution is 8.00. The van der Waals surface area contributed by atoms with Gasteiger partial charge in [-0.1, -0.05) is 78.4 Å². The highest BCUT2D eigenvalue weighted by Gasteiger charge is 2.48. The molecule has 1 aliphatic heterocycles. The number of halogens is 1. The molecule has 42 heavy (non-hydrogen) atoms. The topological polar surface area (TPSA) is 102 Å². The molecule has 1 saturated heterocycles. The van der Waals surface area contributed by atoms with Gasteiger partial charge in [0.25, 0.3) is 5.78 Å². The minimum Gasteiger partial charge on any atom is -0.507 e. The number of benzene rings is 3. The van der Waals surface area contributed by atoms with Crippen molar-refractivity contribution in [2.75, 3.05) is 18.6 Å². The van der Waals surface area contributed by atoms with Gasteiger partial charge in [0.05, 0.1) is 25.3 Å². The Morgan fingerprint density at radius 2 is 1.83 bits per heavy atom. The van der Waals surface area contributed by atoms with E-state index in [4.69, 9.17) is 21.1 Å². The third-order valence-electron chi connectivity index (χ3n) is 6.66. The number of aliphatic hydroxyl groups is 1. The van der Waals surface area contributed by atoms with E-state index in [1.165, 1.54) is 35.1 Å². The fraction of sp³-hybridized carbons (Fsp3) is 0.226. The van der Waals surface area contributed by atoms with Crippen LogP contribution in [-0.2, 0) is 15.3 Å². The lowest BCUT2D eigenvalue weighted by atomic mass is 9.95. The summed E-state index contributed by atoms with van der Waals surface area (Å²) in [7, 11) is 1.54. The summed E-state index contributed by atoms with van der Waals surface area (Å²) in [6, 6.07) is 20.4. The molecule has 5 rings (SSSR count). The standard InChI is InChI=1S/C31H28ClN3O5S2/c1-3-4-16-40-22-14-12-19(13-15-22)27(36)25-26(20-9-7-10-23(17-20)39-2)35(29(38)28(25)37)30-33-34-31(42-30)41-18-21-8-5-6-11-24(21)32/h5-15,17,26,36H,3-4,16,18H2,1-2H3/t26-/m0/s1. The lowest BCUT2D eigenvalue weighted by Crippen LogP contribution is -2.29. The van der Waals surface area contributed by atoms with Crippen molar-refractivity contribution in [3.63, 3.8) is 0 Å². The van der Waals surface area contributed by atoms with Gasteiger partial charge in [-0.2, -0.15) is 0 Å². The van der Waals surface area contributed by atoms with E-state index in [-0.39, 0.29) is 16.5 Å². The van der Waals surface area contributed by atoms with Crippen molar-refractivity contribution >= 4 is 57.3 Å². The Bertz CT molecular complexity index is 1620. The van der Waals surface area contributed by atoms with E-state index in [1.807, 2.05) is 24.3 Å². The summed E-state index contributed by atoms with van der Waals surface area (Å²) in [6.07, 6.45) is 1.94. The lowest BCUT2D eigenvalue weighted by molar-refractivity contribution is -0.132. The van der Waals surface area contributed by atoms with Crippen LogP contribution >= 0.6 is 34.7 Å². The molecule has 0 unspecified atom stereocenters. The van der Waals surface area contributed by atoms with Crippen LogP contribution in [0.4, 0.5) is 5.13 Å². The molecule has 1 fully saturated rings. The second-order valence-corrected chi connectivity index (χ2v) is 12.0. The first-order chi connectivity index (χ1) is 20.4. The summed E-state index contributed by atoms with van der Waals surface area (Å²) >= 11 is 8.91. The van der Waals surface area contributed by atoms with Crippen molar-refractivity contribution in [3.05, 3.63) is 100 Å². The van der Waals surface area contributed by atoms with Gasteiger partial charge in [-0.3, -0.25) is 14.5 Å². The summed E-state index contributed by atoms with van der Waals surface area (Å²) in [4.78, 5) is 28.3. The van der Waals surface area contributed by atoms with Gasteiger partial charge in [0.2, 0.25) is 5.13 Å². The number of methoxy groups -OCH3 is 1. The molecule has 4 aromatic rings. The van der Waals surface area contributed by atoms with Gasteiger partial charge in [0.1, 0.15) is 17.3 Å². The van der Waals surface area contributed by atoms with Crippen molar-refractivity contribution in [2.45, 2.75) is 35.9 Å². The molecule has 1 aromatic heterocycles. The van der Waals surface area contributed by atoms with E-state index in [9.17, 15) is 14.7 Å². The number of hydrogen-bond donors (Lipinski definition) is 1. The maximum absolute atomic E-state index is 13.5. The van der Waals surface area contributed by atoms with Crippen LogP contribution in [0.3, 0.4) is 0 Å². The molecule has 1 aliphatic rings. The van der Waals surface area contributed by atoms with E-state index in [2.05, 4.69) is 17.1 Å². The van der Waals surface area contributed by atoms with Crippen molar-refractivity contribution in [2.24, 2.45) is 0 Å². The smallest absolute Gasteiger partial charge is 0.301 e. The molecule has 3 aromatic carbocycles. The number of aromatic nitrogens is 2. The van der Waals surface area contributed by atoms with E-state index in [0.29, 0.717) is 44.3 Å². The van der Waals surface area contributed by atoms with Crippen LogP contribution in [0, 0.1) is 0 Å². The number of nitrogens with zero attached hydrogens (tertiary/aromatic N) is 3. The number of aliphatic hydroxyl groups excluding tert-OH is 1. The van der Waals surface area contributed by atoms with Gasteiger partial charge in [-0.15, -0.1) is 10.2 Å².